The fourth-order valence-corrected chi connectivity index (χ4v) is 2.85. The van der Waals surface area contributed by atoms with Gasteiger partial charge in [0.25, 0.3) is 0 Å². The first kappa shape index (κ1) is 15.6. The van der Waals surface area contributed by atoms with E-state index in [0.717, 1.165) is 23.3 Å². The molecule has 1 rings (SSSR count). The van der Waals surface area contributed by atoms with Crippen molar-refractivity contribution >= 4 is 15.9 Å². The molecule has 0 aromatic carbocycles. The lowest BCUT2D eigenvalue weighted by Gasteiger charge is -2.18. The second kappa shape index (κ2) is 8.64. The van der Waals surface area contributed by atoms with Gasteiger partial charge in [-0.1, -0.05) is 51.2 Å². The highest BCUT2D eigenvalue weighted by Gasteiger charge is 2.18. The maximum atomic E-state index is 4.07. The quantitative estimate of drug-likeness (QED) is 0.708. The molecule has 1 aromatic rings. The highest BCUT2D eigenvalue weighted by molar-refractivity contribution is 9.10. The topological polar surface area (TPSA) is 42.7 Å². The van der Waals surface area contributed by atoms with Crippen molar-refractivity contribution in [1.29, 1.82) is 0 Å². The van der Waals surface area contributed by atoms with Gasteiger partial charge in [-0.2, -0.15) is 0 Å². The molecule has 18 heavy (non-hydrogen) atoms. The molecule has 0 saturated carbocycles. The van der Waals surface area contributed by atoms with Gasteiger partial charge in [0.2, 0.25) is 0 Å². The van der Waals surface area contributed by atoms with Crippen LogP contribution in [0.25, 0.3) is 0 Å². The number of nitrogens with zero attached hydrogens (tertiary/aromatic N) is 3. The summed E-state index contributed by atoms with van der Waals surface area (Å²) in [6.45, 7) is 5.36. The zero-order chi connectivity index (χ0) is 13.4. The van der Waals surface area contributed by atoms with Gasteiger partial charge in [-0.15, -0.1) is 5.10 Å². The Morgan fingerprint density at radius 2 is 1.94 bits per heavy atom. The molecular formula is C13H25BrN4. The van der Waals surface area contributed by atoms with E-state index in [1.54, 1.807) is 0 Å². The standard InChI is InChI=1S/C13H25BrN4/c1-4-6-7-8-9-10-11(15-5-2)12-13(14)16-17-18(12)3/h11,15H,4-10H2,1-3H3. The van der Waals surface area contributed by atoms with E-state index in [-0.39, 0.29) is 0 Å². The molecule has 0 aliphatic rings. The molecule has 0 radical (unpaired) electrons. The lowest BCUT2D eigenvalue weighted by atomic mass is 10.0. The van der Waals surface area contributed by atoms with Crippen LogP contribution in [0.3, 0.4) is 0 Å². The molecule has 0 aliphatic heterocycles. The average Bonchev–Trinajstić information content (AvgIpc) is 2.68. The Labute approximate surface area is 119 Å². The lowest BCUT2D eigenvalue weighted by Crippen LogP contribution is -2.23. The third-order valence-corrected chi connectivity index (χ3v) is 3.77. The van der Waals surface area contributed by atoms with Crippen LogP contribution in [-0.2, 0) is 7.05 Å². The molecule has 1 heterocycles. The molecule has 1 unspecified atom stereocenters. The van der Waals surface area contributed by atoms with E-state index >= 15 is 0 Å². The minimum atomic E-state index is 0.353. The van der Waals surface area contributed by atoms with E-state index in [9.17, 15) is 0 Å². The SMILES string of the molecule is CCCCCCCC(NCC)c1c(Br)nnn1C. The van der Waals surface area contributed by atoms with Crippen molar-refractivity contribution in [3.63, 3.8) is 0 Å². The summed E-state index contributed by atoms with van der Waals surface area (Å²) in [5, 5.41) is 11.7. The normalized spacial score (nSPS) is 12.9. The van der Waals surface area contributed by atoms with E-state index in [0.29, 0.717) is 6.04 Å². The third-order valence-electron chi connectivity index (χ3n) is 3.20. The molecule has 1 atom stereocenters. The van der Waals surface area contributed by atoms with E-state index in [4.69, 9.17) is 0 Å². The minimum Gasteiger partial charge on any atom is -0.309 e. The predicted octanol–water partition coefficient (Wildman–Crippen LogP) is 3.59. The van der Waals surface area contributed by atoms with Crippen LogP contribution in [0.1, 0.15) is 64.1 Å². The monoisotopic (exact) mass is 316 g/mol. The highest BCUT2D eigenvalue weighted by Crippen LogP contribution is 2.25. The minimum absolute atomic E-state index is 0.353. The molecule has 0 amide bonds. The summed E-state index contributed by atoms with van der Waals surface area (Å²) < 4.78 is 2.73. The zero-order valence-corrected chi connectivity index (χ0v) is 13.3. The Balaban J connectivity index is 2.50. The fourth-order valence-electron chi connectivity index (χ4n) is 2.24. The van der Waals surface area contributed by atoms with Crippen molar-refractivity contribution in [1.82, 2.24) is 20.3 Å². The van der Waals surface area contributed by atoms with Crippen LogP contribution >= 0.6 is 15.9 Å². The zero-order valence-electron chi connectivity index (χ0n) is 11.7. The first-order valence-electron chi connectivity index (χ1n) is 6.99. The number of hydrogen-bond acceptors (Lipinski definition) is 3. The van der Waals surface area contributed by atoms with Gasteiger partial charge in [-0.05, 0) is 28.9 Å². The number of rotatable bonds is 9. The van der Waals surface area contributed by atoms with Crippen LogP contribution in [0, 0.1) is 0 Å². The molecule has 0 fully saturated rings. The molecule has 0 saturated heterocycles. The Hall–Kier alpha value is -0.420. The largest absolute Gasteiger partial charge is 0.309 e. The molecule has 5 heteroatoms. The van der Waals surface area contributed by atoms with Crippen LogP contribution in [0.2, 0.25) is 0 Å². The second-order valence-corrected chi connectivity index (χ2v) is 5.45. The second-order valence-electron chi connectivity index (χ2n) is 4.70. The summed E-state index contributed by atoms with van der Waals surface area (Å²) in [7, 11) is 1.95. The lowest BCUT2D eigenvalue weighted by molar-refractivity contribution is 0.451. The highest BCUT2D eigenvalue weighted by atomic mass is 79.9. The van der Waals surface area contributed by atoms with Crippen LogP contribution in [0.15, 0.2) is 4.60 Å². The van der Waals surface area contributed by atoms with Gasteiger partial charge < -0.3 is 5.32 Å². The number of halogens is 1. The Kier molecular flexibility index (Phi) is 7.51. The molecule has 0 aliphatic carbocycles. The number of unbranched alkanes of at least 4 members (excludes halogenated alkanes) is 4. The molecule has 0 spiro atoms. The number of hydrogen-bond donors (Lipinski definition) is 1. The van der Waals surface area contributed by atoms with Crippen LogP contribution in [-0.4, -0.2) is 21.5 Å². The molecule has 1 aromatic heterocycles. The summed E-state index contributed by atoms with van der Waals surface area (Å²) in [6, 6.07) is 0.353. The molecule has 0 bridgehead atoms. The number of aromatic nitrogens is 3. The molecule has 104 valence electrons. The van der Waals surface area contributed by atoms with Crippen molar-refractivity contribution < 1.29 is 0 Å². The van der Waals surface area contributed by atoms with Crippen LogP contribution < -0.4 is 5.32 Å². The smallest absolute Gasteiger partial charge is 0.153 e. The van der Waals surface area contributed by atoms with Crippen LogP contribution in [0.5, 0.6) is 0 Å². The molecular weight excluding hydrogens is 292 g/mol. The van der Waals surface area contributed by atoms with Crippen molar-refractivity contribution in [2.75, 3.05) is 6.54 Å². The van der Waals surface area contributed by atoms with Gasteiger partial charge in [0.05, 0.1) is 11.7 Å². The van der Waals surface area contributed by atoms with E-state index in [1.165, 1.54) is 32.1 Å². The van der Waals surface area contributed by atoms with E-state index in [1.807, 2.05) is 11.7 Å². The van der Waals surface area contributed by atoms with E-state index in [2.05, 4.69) is 45.4 Å². The average molecular weight is 317 g/mol. The van der Waals surface area contributed by atoms with Gasteiger partial charge in [0.1, 0.15) is 0 Å². The van der Waals surface area contributed by atoms with Crippen molar-refractivity contribution in [2.45, 2.75) is 58.4 Å². The van der Waals surface area contributed by atoms with Gasteiger partial charge in [0, 0.05) is 7.05 Å². The van der Waals surface area contributed by atoms with Gasteiger partial charge in [-0.3, -0.25) is 0 Å². The summed E-state index contributed by atoms with van der Waals surface area (Å²) in [5.74, 6) is 0. The maximum Gasteiger partial charge on any atom is 0.153 e. The summed E-state index contributed by atoms with van der Waals surface area (Å²) in [4.78, 5) is 0. The molecule has 1 N–H and O–H groups in total. The van der Waals surface area contributed by atoms with Gasteiger partial charge in [0.15, 0.2) is 4.60 Å². The summed E-state index contributed by atoms with van der Waals surface area (Å²) >= 11 is 3.49. The Bertz CT molecular complexity index is 318. The van der Waals surface area contributed by atoms with E-state index < -0.39 is 0 Å². The predicted molar refractivity (Wildman–Crippen MR) is 78.5 cm³/mol. The van der Waals surface area contributed by atoms with Crippen molar-refractivity contribution in [3.8, 4) is 0 Å². The first-order chi connectivity index (χ1) is 8.70. The first-order valence-corrected chi connectivity index (χ1v) is 7.78. The maximum absolute atomic E-state index is 4.07. The molecule has 4 nitrogen and oxygen atoms in total. The van der Waals surface area contributed by atoms with Gasteiger partial charge in [-0.25, -0.2) is 4.68 Å². The number of nitrogens with one attached hydrogen (secondary N) is 1. The van der Waals surface area contributed by atoms with Crippen LogP contribution in [0.4, 0.5) is 0 Å². The van der Waals surface area contributed by atoms with Crippen molar-refractivity contribution in [2.24, 2.45) is 7.05 Å². The van der Waals surface area contributed by atoms with Crippen molar-refractivity contribution in [3.05, 3.63) is 10.3 Å². The third kappa shape index (κ3) is 4.69. The summed E-state index contributed by atoms with van der Waals surface area (Å²) in [6.07, 6.45) is 7.72. The fraction of sp³-hybridized carbons (Fsp3) is 0.846. The summed E-state index contributed by atoms with van der Waals surface area (Å²) in [5.41, 5.74) is 1.16. The number of aryl methyl sites for hydroxylation is 1. The Morgan fingerprint density at radius 3 is 2.50 bits per heavy atom. The van der Waals surface area contributed by atoms with Gasteiger partial charge >= 0.3 is 0 Å². The Morgan fingerprint density at radius 1 is 1.22 bits per heavy atom.